The number of ether oxygens (including phenoxy) is 2. The lowest BCUT2D eigenvalue weighted by atomic mass is 10.2. The Morgan fingerprint density at radius 3 is 3.00 bits per heavy atom. The van der Waals surface area contributed by atoms with Crippen molar-refractivity contribution in [3.63, 3.8) is 0 Å². The standard InChI is InChI=1S/C10H13N3O5/c1-17-10(14)9-7(13(15)16)6-12(11-9)8-4-2-3-5-18-8/h6,8H,2-5H2,1H3/t8-/m1/s1. The van der Waals surface area contributed by atoms with Crippen molar-refractivity contribution in [1.82, 2.24) is 9.78 Å². The van der Waals surface area contributed by atoms with Crippen molar-refractivity contribution in [3.05, 3.63) is 22.0 Å². The van der Waals surface area contributed by atoms with Crippen LogP contribution in [0.1, 0.15) is 36.0 Å². The van der Waals surface area contributed by atoms with Crippen molar-refractivity contribution < 1.29 is 19.2 Å². The molecule has 18 heavy (non-hydrogen) atoms. The second kappa shape index (κ2) is 5.13. The van der Waals surface area contributed by atoms with Crippen LogP contribution in [-0.2, 0) is 9.47 Å². The van der Waals surface area contributed by atoms with Gasteiger partial charge >= 0.3 is 11.7 Å². The van der Waals surface area contributed by atoms with Gasteiger partial charge in [-0.25, -0.2) is 9.48 Å². The number of carbonyl (C=O) groups is 1. The highest BCUT2D eigenvalue weighted by Gasteiger charge is 2.29. The van der Waals surface area contributed by atoms with E-state index in [9.17, 15) is 14.9 Å². The topological polar surface area (TPSA) is 96.5 Å². The van der Waals surface area contributed by atoms with Crippen molar-refractivity contribution in [2.24, 2.45) is 0 Å². The number of hydrogen-bond acceptors (Lipinski definition) is 6. The summed E-state index contributed by atoms with van der Waals surface area (Å²) in [7, 11) is 1.15. The molecule has 1 aliphatic heterocycles. The number of hydrogen-bond donors (Lipinski definition) is 0. The van der Waals surface area contributed by atoms with Crippen molar-refractivity contribution >= 4 is 11.7 Å². The van der Waals surface area contributed by atoms with E-state index < -0.39 is 10.9 Å². The van der Waals surface area contributed by atoms with E-state index in [4.69, 9.17) is 4.74 Å². The molecule has 1 aromatic rings. The average molecular weight is 255 g/mol. The highest BCUT2D eigenvalue weighted by molar-refractivity contribution is 5.91. The molecule has 0 spiro atoms. The maximum Gasteiger partial charge on any atom is 0.365 e. The van der Waals surface area contributed by atoms with E-state index in [2.05, 4.69) is 9.84 Å². The van der Waals surface area contributed by atoms with Gasteiger partial charge in [-0.2, -0.15) is 5.10 Å². The zero-order valence-corrected chi connectivity index (χ0v) is 9.87. The van der Waals surface area contributed by atoms with E-state index in [-0.39, 0.29) is 17.6 Å². The summed E-state index contributed by atoms with van der Waals surface area (Å²) in [4.78, 5) is 21.6. The van der Waals surface area contributed by atoms with Crippen LogP contribution >= 0.6 is 0 Å². The predicted octanol–water partition coefficient (Wildman–Crippen LogP) is 1.28. The van der Waals surface area contributed by atoms with E-state index in [1.54, 1.807) is 0 Å². The molecule has 0 aliphatic carbocycles. The number of nitrogens with zero attached hydrogens (tertiary/aromatic N) is 3. The molecule has 0 unspecified atom stereocenters. The molecule has 2 rings (SSSR count). The van der Waals surface area contributed by atoms with Crippen LogP contribution in [0.4, 0.5) is 5.69 Å². The summed E-state index contributed by atoms with van der Waals surface area (Å²) in [6, 6.07) is 0. The van der Waals surface area contributed by atoms with Gasteiger partial charge in [0.25, 0.3) is 0 Å². The number of rotatable bonds is 3. The van der Waals surface area contributed by atoms with Gasteiger partial charge in [0.2, 0.25) is 5.69 Å². The van der Waals surface area contributed by atoms with Crippen LogP contribution in [-0.4, -0.2) is 34.4 Å². The van der Waals surface area contributed by atoms with Crippen LogP contribution in [0.15, 0.2) is 6.20 Å². The van der Waals surface area contributed by atoms with Gasteiger partial charge in [0.1, 0.15) is 12.4 Å². The largest absolute Gasteiger partial charge is 0.464 e. The van der Waals surface area contributed by atoms with Crippen molar-refractivity contribution in [3.8, 4) is 0 Å². The van der Waals surface area contributed by atoms with Crippen molar-refractivity contribution in [1.29, 1.82) is 0 Å². The van der Waals surface area contributed by atoms with Crippen LogP contribution in [0.25, 0.3) is 0 Å². The normalized spacial score (nSPS) is 19.5. The smallest absolute Gasteiger partial charge is 0.365 e. The Balaban J connectivity index is 2.32. The highest BCUT2D eigenvalue weighted by Crippen LogP contribution is 2.26. The van der Waals surface area contributed by atoms with Crippen LogP contribution in [0.2, 0.25) is 0 Å². The fourth-order valence-corrected chi connectivity index (χ4v) is 1.84. The SMILES string of the molecule is COC(=O)c1nn([C@H]2CCCCO2)cc1[N+](=O)[O-]. The van der Waals surface area contributed by atoms with Gasteiger partial charge in [0, 0.05) is 6.61 Å². The lowest BCUT2D eigenvalue weighted by Gasteiger charge is -2.22. The van der Waals surface area contributed by atoms with E-state index in [0.29, 0.717) is 6.61 Å². The highest BCUT2D eigenvalue weighted by atomic mass is 16.6. The van der Waals surface area contributed by atoms with Gasteiger partial charge in [-0.15, -0.1) is 0 Å². The summed E-state index contributed by atoms with van der Waals surface area (Å²) in [5.74, 6) is -0.823. The molecule has 0 N–H and O–H groups in total. The molecule has 0 aromatic carbocycles. The molecule has 0 saturated carbocycles. The molecule has 1 aromatic heterocycles. The first-order chi connectivity index (χ1) is 8.63. The van der Waals surface area contributed by atoms with E-state index >= 15 is 0 Å². The lowest BCUT2D eigenvalue weighted by molar-refractivity contribution is -0.385. The fraction of sp³-hybridized carbons (Fsp3) is 0.600. The first kappa shape index (κ1) is 12.5. The zero-order chi connectivity index (χ0) is 13.1. The fourth-order valence-electron chi connectivity index (χ4n) is 1.84. The first-order valence-electron chi connectivity index (χ1n) is 5.57. The predicted molar refractivity (Wildman–Crippen MR) is 59.1 cm³/mol. The lowest BCUT2D eigenvalue weighted by Crippen LogP contribution is -2.19. The van der Waals surface area contributed by atoms with Crippen LogP contribution in [0, 0.1) is 10.1 Å². The molecule has 1 atom stereocenters. The Morgan fingerprint density at radius 1 is 1.67 bits per heavy atom. The molecule has 1 fully saturated rings. The molecular formula is C10H13N3O5. The number of carbonyl (C=O) groups excluding carboxylic acids is 1. The molecule has 0 bridgehead atoms. The molecule has 98 valence electrons. The number of esters is 1. The molecule has 0 amide bonds. The first-order valence-corrected chi connectivity index (χ1v) is 5.57. The molecule has 2 heterocycles. The summed E-state index contributed by atoms with van der Waals surface area (Å²) in [6.45, 7) is 0.589. The number of methoxy groups -OCH3 is 1. The summed E-state index contributed by atoms with van der Waals surface area (Å²) < 4.78 is 11.2. The van der Waals surface area contributed by atoms with Gasteiger partial charge < -0.3 is 9.47 Å². The summed E-state index contributed by atoms with van der Waals surface area (Å²) in [5, 5.41) is 14.7. The third-order valence-electron chi connectivity index (χ3n) is 2.74. The quantitative estimate of drug-likeness (QED) is 0.458. The maximum atomic E-state index is 11.4. The maximum absolute atomic E-state index is 11.4. The molecular weight excluding hydrogens is 242 g/mol. The van der Waals surface area contributed by atoms with Gasteiger partial charge in [0.05, 0.1) is 12.0 Å². The summed E-state index contributed by atoms with van der Waals surface area (Å²) >= 11 is 0. The average Bonchev–Trinajstić information content (AvgIpc) is 2.84. The number of aromatic nitrogens is 2. The Hall–Kier alpha value is -1.96. The monoisotopic (exact) mass is 255 g/mol. The minimum absolute atomic E-state index is 0.295. The second-order valence-electron chi connectivity index (χ2n) is 3.91. The molecule has 1 aliphatic rings. The van der Waals surface area contributed by atoms with Gasteiger partial charge in [0.15, 0.2) is 0 Å². The Labute approximate surface area is 103 Å². The Morgan fingerprint density at radius 2 is 2.44 bits per heavy atom. The minimum Gasteiger partial charge on any atom is -0.464 e. The number of nitro groups is 1. The third kappa shape index (κ3) is 2.33. The Bertz CT molecular complexity index is 464. The summed E-state index contributed by atoms with van der Waals surface area (Å²) in [5.41, 5.74) is -0.660. The minimum atomic E-state index is -0.823. The van der Waals surface area contributed by atoms with Crippen LogP contribution in [0.5, 0.6) is 0 Å². The van der Waals surface area contributed by atoms with Crippen LogP contribution in [0.3, 0.4) is 0 Å². The Kier molecular flexibility index (Phi) is 3.56. The molecule has 8 nitrogen and oxygen atoms in total. The molecule has 8 heteroatoms. The van der Waals surface area contributed by atoms with E-state index in [0.717, 1.165) is 26.4 Å². The van der Waals surface area contributed by atoms with Gasteiger partial charge in [-0.05, 0) is 19.3 Å². The van der Waals surface area contributed by atoms with Gasteiger partial charge in [-0.1, -0.05) is 0 Å². The van der Waals surface area contributed by atoms with E-state index in [1.807, 2.05) is 0 Å². The van der Waals surface area contributed by atoms with Crippen molar-refractivity contribution in [2.45, 2.75) is 25.5 Å². The van der Waals surface area contributed by atoms with E-state index in [1.165, 1.54) is 10.9 Å². The second-order valence-corrected chi connectivity index (χ2v) is 3.91. The molecule has 1 saturated heterocycles. The van der Waals surface area contributed by atoms with Gasteiger partial charge in [-0.3, -0.25) is 10.1 Å². The van der Waals surface area contributed by atoms with Crippen molar-refractivity contribution in [2.75, 3.05) is 13.7 Å². The summed E-state index contributed by atoms with van der Waals surface area (Å²) in [6.07, 6.45) is 3.51. The molecule has 0 radical (unpaired) electrons. The zero-order valence-electron chi connectivity index (χ0n) is 9.87. The third-order valence-corrected chi connectivity index (χ3v) is 2.74. The van der Waals surface area contributed by atoms with Crippen LogP contribution < -0.4 is 0 Å².